The molecule has 0 spiro atoms. The summed E-state index contributed by atoms with van der Waals surface area (Å²) in [5.41, 5.74) is 2.18. The lowest BCUT2D eigenvalue weighted by atomic mass is 10.2. The molecule has 1 aromatic carbocycles. The summed E-state index contributed by atoms with van der Waals surface area (Å²) in [6.07, 6.45) is 1.90. The highest BCUT2D eigenvalue weighted by atomic mass is 16.5. The summed E-state index contributed by atoms with van der Waals surface area (Å²) in [7, 11) is 1.31. The van der Waals surface area contributed by atoms with E-state index in [-0.39, 0.29) is 5.91 Å². The number of carbonyl (C=O) groups is 2. The van der Waals surface area contributed by atoms with E-state index in [1.54, 1.807) is 0 Å². The van der Waals surface area contributed by atoms with Crippen molar-refractivity contribution in [2.24, 2.45) is 0 Å². The fourth-order valence-corrected chi connectivity index (χ4v) is 2.22. The van der Waals surface area contributed by atoms with Gasteiger partial charge in [-0.25, -0.2) is 4.79 Å². The number of aryl methyl sites for hydroxylation is 1. The number of amides is 1. The van der Waals surface area contributed by atoms with Gasteiger partial charge in [-0.3, -0.25) is 4.79 Å². The van der Waals surface area contributed by atoms with Crippen molar-refractivity contribution in [3.8, 4) is 0 Å². The van der Waals surface area contributed by atoms with Gasteiger partial charge in [0.25, 0.3) is 0 Å². The molecule has 2 aromatic rings. The molecule has 1 N–H and O–H groups in total. The van der Waals surface area contributed by atoms with E-state index in [0.717, 1.165) is 16.5 Å². The third-order valence-electron chi connectivity index (χ3n) is 3.17. The van der Waals surface area contributed by atoms with Gasteiger partial charge in [0.1, 0.15) is 6.04 Å². The molecule has 0 saturated carbocycles. The van der Waals surface area contributed by atoms with Gasteiger partial charge in [0.05, 0.1) is 13.7 Å². The van der Waals surface area contributed by atoms with Gasteiger partial charge >= 0.3 is 5.97 Å². The number of fused-ring (bicyclic) bond motifs is 1. The molecular formula is C15H18N2O3. The van der Waals surface area contributed by atoms with Gasteiger partial charge in [0, 0.05) is 18.6 Å². The second kappa shape index (κ2) is 5.77. The fourth-order valence-electron chi connectivity index (χ4n) is 2.22. The van der Waals surface area contributed by atoms with E-state index in [0.29, 0.717) is 6.54 Å². The van der Waals surface area contributed by atoms with Crippen molar-refractivity contribution in [1.82, 2.24) is 9.88 Å². The number of nitrogens with one attached hydrogen (secondary N) is 1. The zero-order valence-corrected chi connectivity index (χ0v) is 11.8. The number of hydrogen-bond donors (Lipinski definition) is 1. The van der Waals surface area contributed by atoms with E-state index < -0.39 is 12.0 Å². The molecule has 20 heavy (non-hydrogen) atoms. The average Bonchev–Trinajstić information content (AvgIpc) is 2.79. The zero-order chi connectivity index (χ0) is 14.7. The maximum Gasteiger partial charge on any atom is 0.330 e. The SMILES string of the molecule is COC(=O)C(Cn1ccc2ccc(C)cc21)NC(C)=O. The van der Waals surface area contributed by atoms with Crippen LogP contribution in [0.4, 0.5) is 0 Å². The second-order valence-electron chi connectivity index (χ2n) is 4.81. The summed E-state index contributed by atoms with van der Waals surface area (Å²) in [5, 5.41) is 3.71. The smallest absolute Gasteiger partial charge is 0.330 e. The highest BCUT2D eigenvalue weighted by molar-refractivity contribution is 5.84. The van der Waals surface area contributed by atoms with E-state index in [1.807, 2.05) is 35.9 Å². The minimum Gasteiger partial charge on any atom is -0.467 e. The summed E-state index contributed by atoms with van der Waals surface area (Å²) in [5.74, 6) is -0.706. The summed E-state index contributed by atoms with van der Waals surface area (Å²) < 4.78 is 6.68. The Hall–Kier alpha value is -2.30. The van der Waals surface area contributed by atoms with Crippen LogP contribution in [0.1, 0.15) is 12.5 Å². The monoisotopic (exact) mass is 274 g/mol. The van der Waals surface area contributed by atoms with Gasteiger partial charge in [-0.1, -0.05) is 12.1 Å². The third-order valence-corrected chi connectivity index (χ3v) is 3.17. The number of esters is 1. The van der Waals surface area contributed by atoms with Gasteiger partial charge < -0.3 is 14.6 Å². The molecule has 2 rings (SSSR count). The Labute approximate surface area is 117 Å². The number of rotatable bonds is 4. The zero-order valence-electron chi connectivity index (χ0n) is 11.8. The van der Waals surface area contributed by atoms with Crippen molar-refractivity contribution in [1.29, 1.82) is 0 Å². The summed E-state index contributed by atoms with van der Waals surface area (Å²) >= 11 is 0. The Morgan fingerprint density at radius 2 is 2.10 bits per heavy atom. The number of benzene rings is 1. The first kappa shape index (κ1) is 14.1. The van der Waals surface area contributed by atoms with Crippen LogP contribution >= 0.6 is 0 Å². The lowest BCUT2D eigenvalue weighted by Gasteiger charge is -2.17. The maximum atomic E-state index is 11.7. The standard InChI is InChI=1S/C15H18N2O3/c1-10-4-5-12-6-7-17(14(12)8-10)9-13(15(19)20-3)16-11(2)18/h4-8,13H,9H2,1-3H3,(H,16,18). The predicted octanol–water partition coefficient (Wildman–Crippen LogP) is 1.63. The molecule has 1 heterocycles. The van der Waals surface area contributed by atoms with Crippen LogP contribution in [-0.2, 0) is 20.9 Å². The largest absolute Gasteiger partial charge is 0.467 e. The van der Waals surface area contributed by atoms with E-state index in [9.17, 15) is 9.59 Å². The highest BCUT2D eigenvalue weighted by Gasteiger charge is 2.21. The van der Waals surface area contributed by atoms with Crippen molar-refractivity contribution in [3.05, 3.63) is 36.0 Å². The van der Waals surface area contributed by atoms with E-state index in [2.05, 4.69) is 11.4 Å². The first-order chi connectivity index (χ1) is 9.51. The van der Waals surface area contributed by atoms with Gasteiger partial charge in [0.2, 0.25) is 5.91 Å². The molecular weight excluding hydrogens is 256 g/mol. The van der Waals surface area contributed by atoms with Gasteiger partial charge in [-0.15, -0.1) is 0 Å². The van der Waals surface area contributed by atoms with Gasteiger partial charge in [0.15, 0.2) is 0 Å². The lowest BCUT2D eigenvalue weighted by Crippen LogP contribution is -2.43. The topological polar surface area (TPSA) is 60.3 Å². The van der Waals surface area contributed by atoms with Crippen LogP contribution in [0.2, 0.25) is 0 Å². The number of nitrogens with zero attached hydrogens (tertiary/aromatic N) is 1. The minimum absolute atomic E-state index is 0.256. The number of ether oxygens (including phenoxy) is 1. The normalized spacial score (nSPS) is 12.2. The van der Waals surface area contributed by atoms with Crippen LogP contribution in [0, 0.1) is 6.92 Å². The van der Waals surface area contributed by atoms with Crippen LogP contribution in [0.3, 0.4) is 0 Å². The Morgan fingerprint density at radius 1 is 1.35 bits per heavy atom. The van der Waals surface area contributed by atoms with E-state index >= 15 is 0 Å². The number of carbonyl (C=O) groups excluding carboxylic acids is 2. The molecule has 0 bridgehead atoms. The quantitative estimate of drug-likeness (QED) is 0.862. The molecule has 1 amide bonds. The Balaban J connectivity index is 2.30. The van der Waals surface area contributed by atoms with Crippen molar-refractivity contribution >= 4 is 22.8 Å². The van der Waals surface area contributed by atoms with E-state index in [1.165, 1.54) is 14.0 Å². The van der Waals surface area contributed by atoms with Crippen LogP contribution in [0.25, 0.3) is 10.9 Å². The van der Waals surface area contributed by atoms with Crippen molar-refractivity contribution in [2.45, 2.75) is 26.4 Å². The maximum absolute atomic E-state index is 11.7. The fraction of sp³-hybridized carbons (Fsp3) is 0.333. The Morgan fingerprint density at radius 3 is 2.75 bits per heavy atom. The molecule has 5 nitrogen and oxygen atoms in total. The molecule has 1 unspecified atom stereocenters. The first-order valence-electron chi connectivity index (χ1n) is 6.41. The summed E-state index contributed by atoms with van der Waals surface area (Å²) in [6.45, 7) is 3.75. The highest BCUT2D eigenvalue weighted by Crippen LogP contribution is 2.17. The molecule has 0 radical (unpaired) electrons. The molecule has 0 aliphatic rings. The molecule has 1 aromatic heterocycles. The van der Waals surface area contributed by atoms with Crippen molar-refractivity contribution in [2.75, 3.05) is 7.11 Å². The number of aromatic nitrogens is 1. The van der Waals surface area contributed by atoms with Crippen molar-refractivity contribution < 1.29 is 14.3 Å². The molecule has 0 aliphatic heterocycles. The minimum atomic E-state index is -0.686. The van der Waals surface area contributed by atoms with Crippen LogP contribution in [0.5, 0.6) is 0 Å². The molecule has 0 aliphatic carbocycles. The molecule has 106 valence electrons. The Bertz CT molecular complexity index is 646. The molecule has 0 fully saturated rings. The summed E-state index contributed by atoms with van der Waals surface area (Å²) in [6, 6.07) is 7.42. The van der Waals surface area contributed by atoms with E-state index in [4.69, 9.17) is 4.74 Å². The van der Waals surface area contributed by atoms with Crippen LogP contribution < -0.4 is 5.32 Å². The third kappa shape index (κ3) is 2.99. The average molecular weight is 274 g/mol. The van der Waals surface area contributed by atoms with Crippen molar-refractivity contribution in [3.63, 3.8) is 0 Å². The number of hydrogen-bond acceptors (Lipinski definition) is 3. The molecule has 0 saturated heterocycles. The second-order valence-corrected chi connectivity index (χ2v) is 4.81. The molecule has 5 heteroatoms. The van der Waals surface area contributed by atoms with Gasteiger partial charge in [-0.2, -0.15) is 0 Å². The van der Waals surface area contributed by atoms with Crippen LogP contribution in [0.15, 0.2) is 30.5 Å². The van der Waals surface area contributed by atoms with Gasteiger partial charge in [-0.05, 0) is 30.0 Å². The molecule has 1 atom stereocenters. The van der Waals surface area contributed by atoms with Crippen LogP contribution in [-0.4, -0.2) is 29.6 Å². The predicted molar refractivity (Wildman–Crippen MR) is 76.3 cm³/mol. The first-order valence-corrected chi connectivity index (χ1v) is 6.41. The number of methoxy groups -OCH3 is 1. The lowest BCUT2D eigenvalue weighted by molar-refractivity contribution is -0.145. The Kier molecular flexibility index (Phi) is 4.08. The summed E-state index contributed by atoms with van der Waals surface area (Å²) in [4.78, 5) is 22.9.